The molecule has 0 atom stereocenters. The van der Waals surface area contributed by atoms with Crippen molar-refractivity contribution in [2.45, 2.75) is 44.6 Å². The van der Waals surface area contributed by atoms with Crippen molar-refractivity contribution < 1.29 is 4.52 Å². The summed E-state index contributed by atoms with van der Waals surface area (Å²) >= 11 is 0. The van der Waals surface area contributed by atoms with Crippen LogP contribution >= 0.6 is 0 Å². The Morgan fingerprint density at radius 1 is 1.17 bits per heavy atom. The first-order valence-corrected chi connectivity index (χ1v) is 7.43. The van der Waals surface area contributed by atoms with Crippen molar-refractivity contribution in [3.8, 4) is 0 Å². The fraction of sp³-hybridized carbons (Fsp3) is 0.800. The monoisotopic (exact) mass is 246 g/mol. The van der Waals surface area contributed by atoms with Crippen LogP contribution in [0.3, 0.4) is 0 Å². The summed E-state index contributed by atoms with van der Waals surface area (Å²) in [5.74, 6) is 5.69. The first-order chi connectivity index (χ1) is 8.83. The van der Waals surface area contributed by atoms with E-state index in [2.05, 4.69) is 16.5 Å². The Labute approximate surface area is 108 Å². The second-order valence-corrected chi connectivity index (χ2v) is 6.71. The molecule has 98 valence electrons. The predicted molar refractivity (Wildman–Crippen MR) is 69.1 cm³/mol. The van der Waals surface area contributed by atoms with Gasteiger partial charge in [0.05, 0.1) is 5.69 Å². The van der Waals surface area contributed by atoms with Gasteiger partial charge in [-0.05, 0) is 62.8 Å². The molecule has 18 heavy (non-hydrogen) atoms. The number of aromatic nitrogens is 1. The van der Waals surface area contributed by atoms with Gasteiger partial charge in [-0.15, -0.1) is 0 Å². The lowest BCUT2D eigenvalue weighted by Gasteiger charge is -2.53. The van der Waals surface area contributed by atoms with E-state index < -0.39 is 0 Å². The molecule has 1 aromatic rings. The van der Waals surface area contributed by atoms with E-state index >= 15 is 0 Å². The summed E-state index contributed by atoms with van der Waals surface area (Å²) in [5, 5.41) is 7.34. The van der Waals surface area contributed by atoms with Crippen LogP contribution in [0.4, 0.5) is 0 Å². The summed E-state index contributed by atoms with van der Waals surface area (Å²) < 4.78 is 5.65. The molecule has 1 heterocycles. The Bertz CT molecular complexity index is 411. The average Bonchev–Trinajstić information content (AvgIpc) is 2.76. The van der Waals surface area contributed by atoms with E-state index in [0.717, 1.165) is 35.9 Å². The quantitative estimate of drug-likeness (QED) is 0.891. The van der Waals surface area contributed by atoms with E-state index in [9.17, 15) is 0 Å². The van der Waals surface area contributed by atoms with Crippen LogP contribution < -0.4 is 5.32 Å². The highest BCUT2D eigenvalue weighted by Gasteiger charge is 2.49. The third-order valence-electron chi connectivity index (χ3n) is 5.49. The van der Waals surface area contributed by atoms with Crippen LogP contribution in [-0.4, -0.2) is 12.2 Å². The third kappa shape index (κ3) is 1.63. The standard InChI is InChI=1S/C15H22N2O/c1-16-8-13-7-14(18-17-13)15-11-3-9-2-10(5-11)6-12(15)4-9/h7,9-12,15-16H,2-6,8H2,1H3. The summed E-state index contributed by atoms with van der Waals surface area (Å²) in [6.07, 6.45) is 7.29. The van der Waals surface area contributed by atoms with E-state index in [1.54, 1.807) is 0 Å². The molecule has 3 heteroatoms. The number of hydrogen-bond acceptors (Lipinski definition) is 3. The molecule has 5 rings (SSSR count). The smallest absolute Gasteiger partial charge is 0.140 e. The van der Waals surface area contributed by atoms with Crippen LogP contribution in [-0.2, 0) is 6.54 Å². The van der Waals surface area contributed by atoms with Crippen LogP contribution in [0.25, 0.3) is 0 Å². The lowest BCUT2D eigenvalue weighted by Crippen LogP contribution is -2.43. The van der Waals surface area contributed by atoms with Gasteiger partial charge in [0, 0.05) is 18.5 Å². The summed E-state index contributed by atoms with van der Waals surface area (Å²) in [7, 11) is 1.96. The van der Waals surface area contributed by atoms with E-state index in [1.165, 1.54) is 37.9 Å². The van der Waals surface area contributed by atoms with Gasteiger partial charge in [0.25, 0.3) is 0 Å². The molecular formula is C15H22N2O. The maximum Gasteiger partial charge on any atom is 0.140 e. The summed E-state index contributed by atoms with van der Waals surface area (Å²) in [4.78, 5) is 0. The van der Waals surface area contributed by atoms with Gasteiger partial charge >= 0.3 is 0 Å². The van der Waals surface area contributed by atoms with Gasteiger partial charge in [-0.25, -0.2) is 0 Å². The van der Waals surface area contributed by atoms with Gasteiger partial charge in [-0.3, -0.25) is 0 Å². The molecule has 3 nitrogen and oxygen atoms in total. The lowest BCUT2D eigenvalue weighted by molar-refractivity contribution is -0.0113. The van der Waals surface area contributed by atoms with Crippen LogP contribution in [0.15, 0.2) is 10.6 Å². The van der Waals surface area contributed by atoms with Crippen molar-refractivity contribution >= 4 is 0 Å². The van der Waals surface area contributed by atoms with Crippen LogP contribution in [0.2, 0.25) is 0 Å². The number of hydrogen-bond donors (Lipinski definition) is 1. The largest absolute Gasteiger partial charge is 0.361 e. The van der Waals surface area contributed by atoms with Crippen LogP contribution in [0.5, 0.6) is 0 Å². The van der Waals surface area contributed by atoms with Crippen LogP contribution in [0, 0.1) is 23.7 Å². The topological polar surface area (TPSA) is 38.1 Å². The summed E-state index contributed by atoms with van der Waals surface area (Å²) in [6.45, 7) is 0.816. The normalized spacial score (nSPS) is 41.5. The molecule has 4 fully saturated rings. The Balaban J connectivity index is 1.60. The first-order valence-electron chi connectivity index (χ1n) is 7.43. The zero-order valence-electron chi connectivity index (χ0n) is 11.1. The maximum atomic E-state index is 5.65. The number of nitrogens with one attached hydrogen (secondary N) is 1. The van der Waals surface area contributed by atoms with Crippen molar-refractivity contribution in [2.75, 3.05) is 7.05 Å². The second-order valence-electron chi connectivity index (χ2n) is 6.71. The molecule has 0 aliphatic heterocycles. The molecule has 1 N–H and O–H groups in total. The molecule has 0 spiro atoms. The molecule has 0 amide bonds. The van der Waals surface area contributed by atoms with Gasteiger partial charge in [-0.2, -0.15) is 0 Å². The summed E-state index contributed by atoms with van der Waals surface area (Å²) in [6, 6.07) is 2.20. The molecule has 0 radical (unpaired) electrons. The Hall–Kier alpha value is -0.830. The minimum absolute atomic E-state index is 0.677. The lowest BCUT2D eigenvalue weighted by atomic mass is 9.51. The highest BCUT2D eigenvalue weighted by atomic mass is 16.5. The Morgan fingerprint density at radius 2 is 1.83 bits per heavy atom. The van der Waals surface area contributed by atoms with Gasteiger partial charge in [0.15, 0.2) is 0 Å². The van der Waals surface area contributed by atoms with Crippen molar-refractivity contribution in [3.05, 3.63) is 17.5 Å². The fourth-order valence-electron chi connectivity index (χ4n) is 5.14. The molecule has 4 bridgehead atoms. The molecule has 0 aromatic carbocycles. The number of nitrogens with zero attached hydrogens (tertiary/aromatic N) is 1. The first kappa shape index (κ1) is 11.0. The molecule has 1 aromatic heterocycles. The third-order valence-corrected chi connectivity index (χ3v) is 5.49. The molecule has 4 aliphatic rings. The zero-order valence-corrected chi connectivity index (χ0v) is 11.1. The highest BCUT2D eigenvalue weighted by Crippen LogP contribution is 2.59. The molecular weight excluding hydrogens is 224 g/mol. The predicted octanol–water partition coefficient (Wildman–Crippen LogP) is 2.93. The van der Waals surface area contributed by atoms with Crippen molar-refractivity contribution in [1.29, 1.82) is 0 Å². The molecule has 0 saturated heterocycles. The highest BCUT2D eigenvalue weighted by molar-refractivity contribution is 5.16. The van der Waals surface area contributed by atoms with Crippen molar-refractivity contribution in [2.24, 2.45) is 23.7 Å². The Morgan fingerprint density at radius 3 is 2.44 bits per heavy atom. The average molecular weight is 246 g/mol. The number of rotatable bonds is 3. The van der Waals surface area contributed by atoms with Gasteiger partial charge in [0.2, 0.25) is 0 Å². The van der Waals surface area contributed by atoms with Crippen molar-refractivity contribution in [1.82, 2.24) is 10.5 Å². The molecule has 4 aliphatic carbocycles. The SMILES string of the molecule is CNCc1cc(C2C3CC4CC(C3)CC2C4)on1. The maximum absolute atomic E-state index is 5.65. The fourth-order valence-corrected chi connectivity index (χ4v) is 5.14. The summed E-state index contributed by atoms with van der Waals surface area (Å²) in [5.41, 5.74) is 1.06. The van der Waals surface area contributed by atoms with Gasteiger partial charge < -0.3 is 9.84 Å². The molecule has 0 unspecified atom stereocenters. The van der Waals surface area contributed by atoms with E-state index in [0.29, 0.717) is 5.92 Å². The molecule has 4 saturated carbocycles. The van der Waals surface area contributed by atoms with Gasteiger partial charge in [0.1, 0.15) is 5.76 Å². The minimum atomic E-state index is 0.677. The van der Waals surface area contributed by atoms with Crippen molar-refractivity contribution in [3.63, 3.8) is 0 Å². The van der Waals surface area contributed by atoms with Crippen LogP contribution in [0.1, 0.15) is 49.5 Å². The van der Waals surface area contributed by atoms with Gasteiger partial charge in [-0.1, -0.05) is 5.16 Å². The zero-order chi connectivity index (χ0) is 12.1. The van der Waals surface area contributed by atoms with E-state index in [4.69, 9.17) is 4.52 Å². The Kier molecular flexibility index (Phi) is 2.51. The second kappa shape index (κ2) is 4.09. The minimum Gasteiger partial charge on any atom is -0.361 e. The van der Waals surface area contributed by atoms with E-state index in [1.807, 2.05) is 7.05 Å². The van der Waals surface area contributed by atoms with E-state index in [-0.39, 0.29) is 0 Å².